The van der Waals surface area contributed by atoms with Crippen molar-refractivity contribution in [1.29, 1.82) is 0 Å². The number of hydrogen-bond donors (Lipinski definition) is 1. The number of anilines is 1. The summed E-state index contributed by atoms with van der Waals surface area (Å²) in [4.78, 5) is 10.0. The first-order valence-electron chi connectivity index (χ1n) is 6.79. The van der Waals surface area contributed by atoms with Gasteiger partial charge in [0, 0.05) is 24.7 Å². The number of sulfonamides is 1. The smallest absolute Gasteiger partial charge is 0.271 e. The molecule has 2 unspecified atom stereocenters. The molecular weight excluding hydrogens is 294 g/mol. The van der Waals surface area contributed by atoms with Crippen LogP contribution in [0.5, 0.6) is 0 Å². The lowest BCUT2D eigenvalue weighted by Gasteiger charge is -2.35. The summed E-state index contributed by atoms with van der Waals surface area (Å²) >= 11 is 0. The second-order valence-corrected chi connectivity index (χ2v) is 7.43. The number of nitro benzene ring substituents is 1. The standard InChI is InChI=1S/C13H19N3O4S/c1-9-5-6-15(10(2)7-9)21(19,20)13-4-3-11(16(17)18)8-12(13)14/h3-4,8-10H,5-7,14H2,1-2H3. The van der Waals surface area contributed by atoms with Crippen LogP contribution in [-0.4, -0.2) is 30.2 Å². The fraction of sp³-hybridized carbons (Fsp3) is 0.538. The number of nitro groups is 1. The minimum absolute atomic E-state index is 0.0606. The largest absolute Gasteiger partial charge is 0.397 e. The van der Waals surface area contributed by atoms with Gasteiger partial charge in [-0.3, -0.25) is 10.1 Å². The maximum absolute atomic E-state index is 12.7. The summed E-state index contributed by atoms with van der Waals surface area (Å²) in [6, 6.07) is 3.37. The molecule has 116 valence electrons. The van der Waals surface area contributed by atoms with Gasteiger partial charge in [-0.2, -0.15) is 4.31 Å². The van der Waals surface area contributed by atoms with Crippen LogP contribution < -0.4 is 5.73 Å². The predicted octanol–water partition coefficient (Wildman–Crippen LogP) is 1.99. The Morgan fingerprint density at radius 3 is 2.57 bits per heavy atom. The number of benzene rings is 1. The molecule has 1 aliphatic rings. The number of piperidine rings is 1. The van der Waals surface area contributed by atoms with Gasteiger partial charge in [0.05, 0.1) is 10.6 Å². The van der Waals surface area contributed by atoms with Crippen LogP contribution in [-0.2, 0) is 10.0 Å². The summed E-state index contributed by atoms with van der Waals surface area (Å²) in [5.41, 5.74) is 5.41. The molecule has 0 aromatic heterocycles. The average Bonchev–Trinajstić information content (AvgIpc) is 2.37. The molecule has 0 amide bonds. The lowest BCUT2D eigenvalue weighted by Crippen LogP contribution is -2.44. The van der Waals surface area contributed by atoms with Crippen molar-refractivity contribution >= 4 is 21.4 Å². The Labute approximate surface area is 123 Å². The van der Waals surface area contributed by atoms with E-state index in [1.807, 2.05) is 6.92 Å². The molecule has 2 atom stereocenters. The van der Waals surface area contributed by atoms with Gasteiger partial charge in [-0.1, -0.05) is 6.92 Å². The van der Waals surface area contributed by atoms with Gasteiger partial charge in [0.2, 0.25) is 10.0 Å². The van der Waals surface area contributed by atoms with Crippen LogP contribution in [0, 0.1) is 16.0 Å². The summed E-state index contributed by atoms with van der Waals surface area (Å²) in [7, 11) is -3.72. The molecule has 1 heterocycles. The molecule has 21 heavy (non-hydrogen) atoms. The van der Waals surface area contributed by atoms with Crippen molar-refractivity contribution in [3.63, 3.8) is 0 Å². The SMILES string of the molecule is CC1CCN(S(=O)(=O)c2ccc([N+](=O)[O-])cc2N)C(C)C1. The van der Waals surface area contributed by atoms with Gasteiger partial charge in [0.15, 0.2) is 0 Å². The van der Waals surface area contributed by atoms with Crippen molar-refractivity contribution in [2.24, 2.45) is 5.92 Å². The van der Waals surface area contributed by atoms with E-state index in [0.29, 0.717) is 12.5 Å². The molecule has 8 heteroatoms. The Kier molecular flexibility index (Phi) is 4.20. The predicted molar refractivity (Wildman–Crippen MR) is 79.3 cm³/mol. The molecule has 0 radical (unpaired) electrons. The zero-order chi connectivity index (χ0) is 15.8. The molecule has 0 spiro atoms. The third-order valence-corrected chi connectivity index (χ3v) is 5.96. The van der Waals surface area contributed by atoms with Gasteiger partial charge in [0.1, 0.15) is 4.90 Å². The van der Waals surface area contributed by atoms with Crippen LogP contribution in [0.1, 0.15) is 26.7 Å². The monoisotopic (exact) mass is 313 g/mol. The third kappa shape index (κ3) is 3.01. The Morgan fingerprint density at radius 2 is 2.05 bits per heavy atom. The van der Waals surface area contributed by atoms with Crippen molar-refractivity contribution < 1.29 is 13.3 Å². The fourth-order valence-corrected chi connectivity index (χ4v) is 4.51. The molecule has 1 aromatic rings. The molecule has 1 saturated heterocycles. The van der Waals surface area contributed by atoms with E-state index in [4.69, 9.17) is 5.73 Å². The van der Waals surface area contributed by atoms with E-state index in [1.165, 1.54) is 16.4 Å². The molecule has 7 nitrogen and oxygen atoms in total. The number of nitrogens with zero attached hydrogens (tertiary/aromatic N) is 2. The van der Waals surface area contributed by atoms with E-state index >= 15 is 0 Å². The summed E-state index contributed by atoms with van der Waals surface area (Å²) in [5.74, 6) is 0.487. The highest BCUT2D eigenvalue weighted by Crippen LogP contribution is 2.31. The molecule has 1 aliphatic heterocycles. The lowest BCUT2D eigenvalue weighted by molar-refractivity contribution is -0.384. The van der Waals surface area contributed by atoms with Crippen LogP contribution in [0.3, 0.4) is 0 Å². The van der Waals surface area contributed by atoms with Crippen molar-refractivity contribution in [3.8, 4) is 0 Å². The van der Waals surface area contributed by atoms with Crippen LogP contribution in [0.2, 0.25) is 0 Å². The molecule has 2 rings (SSSR count). The van der Waals surface area contributed by atoms with Gasteiger partial charge in [-0.25, -0.2) is 8.42 Å². The number of hydrogen-bond acceptors (Lipinski definition) is 5. The molecular formula is C13H19N3O4S. The van der Waals surface area contributed by atoms with Gasteiger partial charge in [-0.05, 0) is 31.7 Å². The average molecular weight is 313 g/mol. The van der Waals surface area contributed by atoms with E-state index in [-0.39, 0.29) is 22.3 Å². The van der Waals surface area contributed by atoms with Gasteiger partial charge < -0.3 is 5.73 Å². The van der Waals surface area contributed by atoms with Crippen LogP contribution >= 0.6 is 0 Å². The Hall–Kier alpha value is -1.67. The van der Waals surface area contributed by atoms with E-state index in [1.54, 1.807) is 0 Å². The highest BCUT2D eigenvalue weighted by atomic mass is 32.2. The molecule has 1 fully saturated rings. The van der Waals surface area contributed by atoms with Gasteiger partial charge in [0.25, 0.3) is 5.69 Å². The first kappa shape index (κ1) is 15.7. The maximum atomic E-state index is 12.7. The molecule has 0 bridgehead atoms. The second-order valence-electron chi connectivity index (χ2n) is 5.57. The minimum atomic E-state index is -3.72. The topological polar surface area (TPSA) is 107 Å². The number of non-ortho nitro benzene ring substituents is 1. The Balaban J connectivity index is 2.38. The minimum Gasteiger partial charge on any atom is -0.397 e. The fourth-order valence-electron chi connectivity index (χ4n) is 2.75. The molecule has 1 aromatic carbocycles. The number of nitrogens with two attached hydrogens (primary N) is 1. The third-order valence-electron chi connectivity index (χ3n) is 3.87. The van der Waals surface area contributed by atoms with Gasteiger partial charge in [-0.15, -0.1) is 0 Å². The zero-order valence-corrected chi connectivity index (χ0v) is 12.8. The number of nitrogen functional groups attached to an aromatic ring is 1. The summed E-state index contributed by atoms with van der Waals surface area (Å²) in [5, 5.41) is 10.7. The van der Waals surface area contributed by atoms with Crippen molar-refractivity contribution in [3.05, 3.63) is 28.3 Å². The van der Waals surface area contributed by atoms with Crippen molar-refractivity contribution in [2.75, 3.05) is 12.3 Å². The quantitative estimate of drug-likeness (QED) is 0.521. The van der Waals surface area contributed by atoms with Gasteiger partial charge >= 0.3 is 0 Å². The lowest BCUT2D eigenvalue weighted by atomic mass is 9.95. The summed E-state index contributed by atoms with van der Waals surface area (Å²) in [6.07, 6.45) is 1.60. The Bertz CT molecular complexity index is 659. The van der Waals surface area contributed by atoms with Crippen molar-refractivity contribution in [1.82, 2.24) is 4.31 Å². The van der Waals surface area contributed by atoms with Crippen LogP contribution in [0.15, 0.2) is 23.1 Å². The van der Waals surface area contributed by atoms with Crippen LogP contribution in [0.25, 0.3) is 0 Å². The molecule has 0 saturated carbocycles. The first-order chi connectivity index (χ1) is 9.73. The molecule has 0 aliphatic carbocycles. The van der Waals surface area contributed by atoms with E-state index in [2.05, 4.69) is 6.92 Å². The summed E-state index contributed by atoms with van der Waals surface area (Å²) < 4.78 is 26.8. The van der Waals surface area contributed by atoms with E-state index in [9.17, 15) is 18.5 Å². The maximum Gasteiger partial charge on any atom is 0.271 e. The molecule has 2 N–H and O–H groups in total. The number of rotatable bonds is 3. The Morgan fingerprint density at radius 1 is 1.38 bits per heavy atom. The first-order valence-corrected chi connectivity index (χ1v) is 8.23. The second kappa shape index (κ2) is 5.61. The van der Waals surface area contributed by atoms with E-state index in [0.717, 1.165) is 18.9 Å². The zero-order valence-electron chi connectivity index (χ0n) is 12.0. The highest BCUT2D eigenvalue weighted by Gasteiger charge is 2.34. The van der Waals surface area contributed by atoms with Crippen LogP contribution in [0.4, 0.5) is 11.4 Å². The van der Waals surface area contributed by atoms with Crippen molar-refractivity contribution in [2.45, 2.75) is 37.6 Å². The highest BCUT2D eigenvalue weighted by molar-refractivity contribution is 7.89. The normalized spacial score (nSPS) is 23.9. The summed E-state index contributed by atoms with van der Waals surface area (Å²) in [6.45, 7) is 4.41. The van der Waals surface area contributed by atoms with E-state index < -0.39 is 14.9 Å².